The molecule has 1 heterocycles. The third kappa shape index (κ3) is 5.67. The van der Waals surface area contributed by atoms with Crippen molar-refractivity contribution < 1.29 is 14.4 Å². The number of carbonyl (C=O) groups excluding carboxylic acids is 3. The number of benzene rings is 1. The quantitative estimate of drug-likeness (QED) is 0.743. The summed E-state index contributed by atoms with van der Waals surface area (Å²) in [5, 5.41) is 2.75. The minimum atomic E-state index is -0.236. The highest BCUT2D eigenvalue weighted by Gasteiger charge is 2.28. The minimum absolute atomic E-state index is 0.0143. The van der Waals surface area contributed by atoms with Crippen molar-refractivity contribution in [3.63, 3.8) is 0 Å². The van der Waals surface area contributed by atoms with E-state index in [2.05, 4.69) is 11.9 Å². The molecule has 0 aromatic heterocycles. The summed E-state index contributed by atoms with van der Waals surface area (Å²) in [5.41, 5.74) is 1.84. The first-order valence-corrected chi connectivity index (χ1v) is 9.46. The molecule has 0 spiro atoms. The highest BCUT2D eigenvalue weighted by atomic mass is 16.2. The first kappa shape index (κ1) is 20.7. The molecule has 3 amide bonds. The standard InChI is InChI=1S/C21H29N3O3/c1-4-19(25)22-15-18-9-7-6-8-17(18)14-20(26)24-12-10-16(11-13-24)21(27)23(3)5-2/h4,6-9,16H,1,5,10-15H2,2-3H3,(H,22,25). The maximum absolute atomic E-state index is 12.7. The summed E-state index contributed by atoms with van der Waals surface area (Å²) in [4.78, 5) is 40.0. The Kier molecular flexibility index (Phi) is 7.58. The van der Waals surface area contributed by atoms with E-state index in [1.165, 1.54) is 6.08 Å². The van der Waals surface area contributed by atoms with Gasteiger partial charge in [0.25, 0.3) is 0 Å². The van der Waals surface area contributed by atoms with Gasteiger partial charge in [0.15, 0.2) is 0 Å². The van der Waals surface area contributed by atoms with E-state index in [1.54, 1.807) is 4.90 Å². The van der Waals surface area contributed by atoms with Gasteiger partial charge in [-0.3, -0.25) is 14.4 Å². The molecule has 0 atom stereocenters. The van der Waals surface area contributed by atoms with Gasteiger partial charge in [-0.2, -0.15) is 0 Å². The van der Waals surface area contributed by atoms with Crippen molar-refractivity contribution in [3.05, 3.63) is 48.0 Å². The second-order valence-electron chi connectivity index (χ2n) is 6.87. The Hall–Kier alpha value is -2.63. The monoisotopic (exact) mass is 371 g/mol. The van der Waals surface area contributed by atoms with Gasteiger partial charge in [0.05, 0.1) is 6.42 Å². The maximum atomic E-state index is 12.7. The largest absolute Gasteiger partial charge is 0.348 e. The fraction of sp³-hybridized carbons (Fsp3) is 0.476. The van der Waals surface area contributed by atoms with Crippen molar-refractivity contribution in [3.8, 4) is 0 Å². The van der Waals surface area contributed by atoms with E-state index < -0.39 is 0 Å². The van der Waals surface area contributed by atoms with Crippen molar-refractivity contribution in [1.29, 1.82) is 0 Å². The van der Waals surface area contributed by atoms with Crippen molar-refractivity contribution in [1.82, 2.24) is 15.1 Å². The molecule has 1 aromatic rings. The molecule has 0 unspecified atom stereocenters. The van der Waals surface area contributed by atoms with E-state index >= 15 is 0 Å². The third-order valence-electron chi connectivity index (χ3n) is 5.15. The van der Waals surface area contributed by atoms with Crippen LogP contribution in [-0.4, -0.2) is 54.2 Å². The first-order valence-electron chi connectivity index (χ1n) is 9.46. The zero-order chi connectivity index (χ0) is 19.8. The van der Waals surface area contributed by atoms with Crippen LogP contribution in [0.2, 0.25) is 0 Å². The SMILES string of the molecule is C=CC(=O)NCc1ccccc1CC(=O)N1CCC(C(=O)N(C)CC)CC1. The average molecular weight is 371 g/mol. The van der Waals surface area contributed by atoms with Crippen LogP contribution in [0, 0.1) is 5.92 Å². The molecule has 0 aliphatic carbocycles. The summed E-state index contributed by atoms with van der Waals surface area (Å²) in [5.74, 6) is 0.0143. The van der Waals surface area contributed by atoms with Crippen LogP contribution in [0.5, 0.6) is 0 Å². The van der Waals surface area contributed by atoms with E-state index in [4.69, 9.17) is 0 Å². The van der Waals surface area contributed by atoms with E-state index in [-0.39, 0.29) is 23.6 Å². The Morgan fingerprint density at radius 2 is 1.85 bits per heavy atom. The Morgan fingerprint density at radius 1 is 1.22 bits per heavy atom. The minimum Gasteiger partial charge on any atom is -0.348 e. The molecule has 6 heteroatoms. The number of carbonyl (C=O) groups is 3. The molecule has 1 aliphatic heterocycles. The molecule has 146 valence electrons. The molecule has 0 radical (unpaired) electrons. The number of amides is 3. The highest BCUT2D eigenvalue weighted by molar-refractivity contribution is 5.86. The molecule has 1 fully saturated rings. The van der Waals surface area contributed by atoms with E-state index in [0.29, 0.717) is 45.4 Å². The maximum Gasteiger partial charge on any atom is 0.243 e. The number of nitrogens with one attached hydrogen (secondary N) is 1. The van der Waals surface area contributed by atoms with Crippen LogP contribution >= 0.6 is 0 Å². The normalized spacial score (nSPS) is 14.5. The molecule has 2 rings (SSSR count). The second-order valence-corrected chi connectivity index (χ2v) is 6.87. The Labute approximate surface area is 161 Å². The zero-order valence-electron chi connectivity index (χ0n) is 16.2. The molecule has 1 aliphatic rings. The molecule has 0 saturated carbocycles. The van der Waals surface area contributed by atoms with Gasteiger partial charge in [0.1, 0.15) is 0 Å². The second kappa shape index (κ2) is 9.90. The lowest BCUT2D eigenvalue weighted by atomic mass is 9.94. The Bertz CT molecular complexity index is 694. The molecule has 1 saturated heterocycles. The fourth-order valence-electron chi connectivity index (χ4n) is 3.27. The lowest BCUT2D eigenvalue weighted by Crippen LogP contribution is -2.44. The summed E-state index contributed by atoms with van der Waals surface area (Å²) in [6.07, 6.45) is 2.96. The average Bonchev–Trinajstić information content (AvgIpc) is 2.71. The molecule has 1 aromatic carbocycles. The van der Waals surface area contributed by atoms with Gasteiger partial charge in [-0.15, -0.1) is 0 Å². The van der Waals surface area contributed by atoms with Crippen LogP contribution in [0.1, 0.15) is 30.9 Å². The van der Waals surface area contributed by atoms with Gasteiger partial charge >= 0.3 is 0 Å². The summed E-state index contributed by atoms with van der Waals surface area (Å²) in [6, 6.07) is 7.62. The number of piperidine rings is 1. The predicted molar refractivity (Wildman–Crippen MR) is 105 cm³/mol. The molecule has 0 bridgehead atoms. The van der Waals surface area contributed by atoms with Crippen molar-refractivity contribution >= 4 is 17.7 Å². The highest BCUT2D eigenvalue weighted by Crippen LogP contribution is 2.20. The van der Waals surface area contributed by atoms with Gasteiger partial charge in [-0.05, 0) is 37.0 Å². The van der Waals surface area contributed by atoms with E-state index in [9.17, 15) is 14.4 Å². The smallest absolute Gasteiger partial charge is 0.243 e. The van der Waals surface area contributed by atoms with Crippen molar-refractivity contribution in [2.24, 2.45) is 5.92 Å². The molecular formula is C21H29N3O3. The summed E-state index contributed by atoms with van der Waals surface area (Å²) < 4.78 is 0. The lowest BCUT2D eigenvalue weighted by Gasteiger charge is -2.33. The third-order valence-corrected chi connectivity index (χ3v) is 5.15. The molecule has 1 N–H and O–H groups in total. The predicted octanol–water partition coefficient (Wildman–Crippen LogP) is 1.75. The number of likely N-dealkylation sites (tertiary alicyclic amines) is 1. The van der Waals surface area contributed by atoms with Gasteiger partial charge in [-0.1, -0.05) is 30.8 Å². The Morgan fingerprint density at radius 3 is 2.44 bits per heavy atom. The van der Waals surface area contributed by atoms with Gasteiger partial charge < -0.3 is 15.1 Å². The van der Waals surface area contributed by atoms with Crippen LogP contribution in [0.4, 0.5) is 0 Å². The number of rotatable bonds is 7. The Balaban J connectivity index is 1.92. The van der Waals surface area contributed by atoms with Crippen LogP contribution in [0.3, 0.4) is 0 Å². The van der Waals surface area contributed by atoms with Crippen molar-refractivity contribution in [2.75, 3.05) is 26.7 Å². The zero-order valence-corrected chi connectivity index (χ0v) is 16.2. The van der Waals surface area contributed by atoms with Crippen LogP contribution < -0.4 is 5.32 Å². The van der Waals surface area contributed by atoms with Crippen LogP contribution in [0.15, 0.2) is 36.9 Å². The number of nitrogens with zero attached hydrogens (tertiary/aromatic N) is 2. The summed E-state index contributed by atoms with van der Waals surface area (Å²) >= 11 is 0. The summed E-state index contributed by atoms with van der Waals surface area (Å²) in [6.45, 7) is 7.70. The number of hydrogen-bond donors (Lipinski definition) is 1. The van der Waals surface area contributed by atoms with E-state index in [1.807, 2.05) is 43.1 Å². The van der Waals surface area contributed by atoms with Crippen LogP contribution in [0.25, 0.3) is 0 Å². The number of hydrogen-bond acceptors (Lipinski definition) is 3. The van der Waals surface area contributed by atoms with Gasteiger partial charge in [0.2, 0.25) is 17.7 Å². The fourth-order valence-corrected chi connectivity index (χ4v) is 3.27. The van der Waals surface area contributed by atoms with Crippen molar-refractivity contribution in [2.45, 2.75) is 32.7 Å². The molecular weight excluding hydrogens is 342 g/mol. The van der Waals surface area contributed by atoms with Crippen LogP contribution in [-0.2, 0) is 27.3 Å². The van der Waals surface area contributed by atoms with Gasteiger partial charge in [0, 0.05) is 39.1 Å². The summed E-state index contributed by atoms with van der Waals surface area (Å²) in [7, 11) is 1.82. The molecule has 6 nitrogen and oxygen atoms in total. The first-order chi connectivity index (χ1) is 13.0. The van der Waals surface area contributed by atoms with E-state index in [0.717, 1.165) is 11.1 Å². The lowest BCUT2D eigenvalue weighted by molar-refractivity contribution is -0.139. The van der Waals surface area contributed by atoms with Gasteiger partial charge in [-0.25, -0.2) is 0 Å². The topological polar surface area (TPSA) is 69.7 Å². The molecule has 27 heavy (non-hydrogen) atoms.